The highest BCUT2D eigenvalue weighted by Gasteiger charge is 2.16. The van der Waals surface area contributed by atoms with E-state index in [4.69, 9.17) is 0 Å². The van der Waals surface area contributed by atoms with Crippen LogP contribution in [0.25, 0.3) is 0 Å². The van der Waals surface area contributed by atoms with Gasteiger partial charge in [-0.15, -0.1) is 0 Å². The zero-order valence-corrected chi connectivity index (χ0v) is 15.4. The van der Waals surface area contributed by atoms with Gasteiger partial charge < -0.3 is 0 Å². The third-order valence-electron chi connectivity index (χ3n) is 3.51. The predicted molar refractivity (Wildman–Crippen MR) is 97.5 cm³/mol. The number of benzene rings is 2. The van der Waals surface area contributed by atoms with Crippen LogP contribution in [0.3, 0.4) is 0 Å². The highest BCUT2D eigenvalue weighted by atomic mass is 79.9. The number of hydrogen-bond acceptors (Lipinski definition) is 3. The lowest BCUT2D eigenvalue weighted by Gasteiger charge is -2.07. The number of halogens is 1. The number of aryl methyl sites for hydroxylation is 1. The van der Waals surface area contributed by atoms with E-state index in [1.165, 1.54) is 6.20 Å². The second kappa shape index (κ2) is 6.78. The molecule has 24 heavy (non-hydrogen) atoms. The van der Waals surface area contributed by atoms with E-state index in [0.29, 0.717) is 12.2 Å². The summed E-state index contributed by atoms with van der Waals surface area (Å²) in [6, 6.07) is 14.8. The van der Waals surface area contributed by atoms with E-state index in [-0.39, 0.29) is 4.90 Å². The van der Waals surface area contributed by atoms with Crippen LogP contribution in [-0.4, -0.2) is 18.2 Å². The Morgan fingerprint density at radius 2 is 1.92 bits per heavy atom. The number of aromatic nitrogens is 2. The molecule has 1 heterocycles. The van der Waals surface area contributed by atoms with E-state index in [2.05, 4.69) is 25.8 Å². The minimum Gasteiger partial charge on any atom is -0.276 e. The molecule has 0 atom stereocenters. The number of anilines is 1. The van der Waals surface area contributed by atoms with E-state index in [1.807, 2.05) is 37.3 Å². The standard InChI is InChI=1S/C17H16BrN3O2S/c1-13-9-16(7-8-17(13)18)24(22,23)20-15-10-19-21(12-15)11-14-5-3-2-4-6-14/h2-10,12,20H,11H2,1H3. The number of hydrogen-bond donors (Lipinski definition) is 1. The summed E-state index contributed by atoms with van der Waals surface area (Å²) >= 11 is 3.37. The van der Waals surface area contributed by atoms with Crippen LogP contribution < -0.4 is 4.72 Å². The Hall–Kier alpha value is -2.12. The molecule has 5 nitrogen and oxygen atoms in total. The summed E-state index contributed by atoms with van der Waals surface area (Å²) in [6.45, 7) is 2.43. The zero-order chi connectivity index (χ0) is 17.2. The van der Waals surface area contributed by atoms with Crippen LogP contribution in [0, 0.1) is 6.92 Å². The lowest BCUT2D eigenvalue weighted by molar-refractivity contribution is 0.601. The minimum atomic E-state index is -3.64. The summed E-state index contributed by atoms with van der Waals surface area (Å²) in [4.78, 5) is 0.221. The summed E-state index contributed by atoms with van der Waals surface area (Å²) in [5.41, 5.74) is 2.39. The average Bonchev–Trinajstić information content (AvgIpc) is 2.97. The first kappa shape index (κ1) is 16.7. The van der Waals surface area contributed by atoms with Gasteiger partial charge in [0.05, 0.1) is 23.3 Å². The maximum atomic E-state index is 12.5. The maximum Gasteiger partial charge on any atom is 0.262 e. The molecule has 0 saturated carbocycles. The fourth-order valence-electron chi connectivity index (χ4n) is 2.27. The van der Waals surface area contributed by atoms with Crippen molar-refractivity contribution >= 4 is 31.6 Å². The fraction of sp³-hybridized carbons (Fsp3) is 0.118. The predicted octanol–water partition coefficient (Wildman–Crippen LogP) is 3.80. The Balaban J connectivity index is 1.77. The van der Waals surface area contributed by atoms with Gasteiger partial charge in [-0.25, -0.2) is 8.42 Å². The monoisotopic (exact) mass is 405 g/mol. The molecule has 124 valence electrons. The van der Waals surface area contributed by atoms with Crippen LogP contribution in [0.4, 0.5) is 5.69 Å². The molecule has 2 aromatic carbocycles. The molecular weight excluding hydrogens is 390 g/mol. The molecule has 0 spiro atoms. The fourth-order valence-corrected chi connectivity index (χ4v) is 3.63. The molecule has 7 heteroatoms. The Bertz CT molecular complexity index is 953. The molecule has 0 amide bonds. The summed E-state index contributed by atoms with van der Waals surface area (Å²) in [6.07, 6.45) is 3.18. The highest BCUT2D eigenvalue weighted by Crippen LogP contribution is 2.22. The number of nitrogens with zero attached hydrogens (tertiary/aromatic N) is 2. The van der Waals surface area contributed by atoms with E-state index in [9.17, 15) is 8.42 Å². The summed E-state index contributed by atoms with van der Waals surface area (Å²) < 4.78 is 30.1. The smallest absolute Gasteiger partial charge is 0.262 e. The van der Waals surface area contributed by atoms with Crippen LogP contribution in [0.15, 0.2) is 70.3 Å². The van der Waals surface area contributed by atoms with Crippen molar-refractivity contribution in [2.45, 2.75) is 18.4 Å². The normalized spacial score (nSPS) is 11.4. The lowest BCUT2D eigenvalue weighted by atomic mass is 10.2. The number of nitrogens with one attached hydrogen (secondary N) is 1. The number of rotatable bonds is 5. The van der Waals surface area contributed by atoms with Crippen molar-refractivity contribution in [1.29, 1.82) is 0 Å². The molecular formula is C17H16BrN3O2S. The van der Waals surface area contributed by atoms with Crippen LogP contribution in [-0.2, 0) is 16.6 Å². The van der Waals surface area contributed by atoms with Gasteiger partial charge in [0.2, 0.25) is 0 Å². The molecule has 0 unspecified atom stereocenters. The van der Waals surface area contributed by atoms with Gasteiger partial charge in [0.1, 0.15) is 0 Å². The molecule has 0 aliphatic rings. The second-order valence-electron chi connectivity index (χ2n) is 5.43. The van der Waals surface area contributed by atoms with Crippen molar-refractivity contribution in [2.24, 2.45) is 0 Å². The Labute approximate surface area is 149 Å². The zero-order valence-electron chi connectivity index (χ0n) is 13.0. The summed E-state index contributed by atoms with van der Waals surface area (Å²) in [7, 11) is -3.64. The van der Waals surface area contributed by atoms with Crippen LogP contribution in [0.1, 0.15) is 11.1 Å². The van der Waals surface area contributed by atoms with E-state index < -0.39 is 10.0 Å². The Morgan fingerprint density at radius 3 is 2.62 bits per heavy atom. The van der Waals surface area contributed by atoms with Crippen molar-refractivity contribution in [2.75, 3.05) is 4.72 Å². The van der Waals surface area contributed by atoms with Crippen molar-refractivity contribution in [3.05, 3.63) is 76.5 Å². The SMILES string of the molecule is Cc1cc(S(=O)(=O)Nc2cnn(Cc3ccccc3)c2)ccc1Br. The third-order valence-corrected chi connectivity index (χ3v) is 5.78. The van der Waals surface area contributed by atoms with Gasteiger partial charge in [-0.1, -0.05) is 46.3 Å². The van der Waals surface area contributed by atoms with E-state index in [0.717, 1.165) is 15.6 Å². The van der Waals surface area contributed by atoms with Crippen molar-refractivity contribution in [1.82, 2.24) is 9.78 Å². The first-order chi connectivity index (χ1) is 11.4. The van der Waals surface area contributed by atoms with Gasteiger partial charge in [-0.05, 0) is 36.2 Å². The van der Waals surface area contributed by atoms with E-state index >= 15 is 0 Å². The molecule has 3 aromatic rings. The van der Waals surface area contributed by atoms with Gasteiger partial charge in [0.25, 0.3) is 10.0 Å². The van der Waals surface area contributed by atoms with Gasteiger partial charge in [-0.3, -0.25) is 9.40 Å². The third kappa shape index (κ3) is 3.85. The number of sulfonamides is 1. The van der Waals surface area contributed by atoms with E-state index in [1.54, 1.807) is 29.1 Å². The molecule has 0 bridgehead atoms. The molecule has 0 saturated heterocycles. The topological polar surface area (TPSA) is 64.0 Å². The molecule has 0 fully saturated rings. The molecule has 1 N–H and O–H groups in total. The van der Waals surface area contributed by atoms with Crippen molar-refractivity contribution in [3.8, 4) is 0 Å². The largest absolute Gasteiger partial charge is 0.276 e. The molecule has 0 radical (unpaired) electrons. The van der Waals surface area contributed by atoms with Crippen LogP contribution in [0.5, 0.6) is 0 Å². The molecule has 3 rings (SSSR count). The Kier molecular flexibility index (Phi) is 4.73. The van der Waals surface area contributed by atoms with Crippen molar-refractivity contribution < 1.29 is 8.42 Å². The van der Waals surface area contributed by atoms with Gasteiger partial charge >= 0.3 is 0 Å². The molecule has 1 aromatic heterocycles. The lowest BCUT2D eigenvalue weighted by Crippen LogP contribution is -2.12. The summed E-state index contributed by atoms with van der Waals surface area (Å²) in [5.74, 6) is 0. The van der Waals surface area contributed by atoms with Gasteiger partial charge in [0.15, 0.2) is 0 Å². The maximum absolute atomic E-state index is 12.5. The average molecular weight is 406 g/mol. The van der Waals surface area contributed by atoms with Gasteiger partial charge in [0, 0.05) is 10.7 Å². The highest BCUT2D eigenvalue weighted by molar-refractivity contribution is 9.10. The summed E-state index contributed by atoms with van der Waals surface area (Å²) in [5, 5.41) is 4.20. The van der Waals surface area contributed by atoms with Crippen LogP contribution in [0.2, 0.25) is 0 Å². The quantitative estimate of drug-likeness (QED) is 0.701. The first-order valence-corrected chi connectivity index (χ1v) is 9.57. The second-order valence-corrected chi connectivity index (χ2v) is 7.97. The van der Waals surface area contributed by atoms with Crippen molar-refractivity contribution in [3.63, 3.8) is 0 Å². The van der Waals surface area contributed by atoms with Gasteiger partial charge in [-0.2, -0.15) is 5.10 Å². The Morgan fingerprint density at radius 1 is 1.17 bits per heavy atom. The van der Waals surface area contributed by atoms with Crippen LogP contribution >= 0.6 is 15.9 Å². The molecule has 0 aliphatic heterocycles. The first-order valence-electron chi connectivity index (χ1n) is 7.29. The molecule has 0 aliphatic carbocycles. The minimum absolute atomic E-state index is 0.221.